The molecule has 0 unspecified atom stereocenters. The van der Waals surface area contributed by atoms with Crippen LogP contribution in [0.1, 0.15) is 39.5 Å². The maximum atomic E-state index is 11.6. The standard InChI is InChI=1S/C31H38O7/c1-20-14-22(3)27(15-21(20)2)29(32)30-28(18-36-16-23-6-10-25(34-4)11-7-23)31(33,19-37-30)38-17-24-8-12-26(35-5)13-9-24/h6-15,28-30,32-33H,16-19H2,1-5H3/t28-,29+,30-,31+/m0/s1. The highest BCUT2D eigenvalue weighted by atomic mass is 16.7. The molecule has 1 fully saturated rings. The van der Waals surface area contributed by atoms with Crippen LogP contribution in [0, 0.1) is 26.7 Å². The van der Waals surface area contributed by atoms with E-state index in [1.807, 2.05) is 75.4 Å². The van der Waals surface area contributed by atoms with Crippen LogP contribution in [0.4, 0.5) is 0 Å². The molecule has 0 spiro atoms. The van der Waals surface area contributed by atoms with Crippen molar-refractivity contribution in [1.29, 1.82) is 0 Å². The third-order valence-electron chi connectivity index (χ3n) is 7.34. The van der Waals surface area contributed by atoms with Crippen LogP contribution in [0.15, 0.2) is 60.7 Å². The van der Waals surface area contributed by atoms with Crippen molar-refractivity contribution in [2.24, 2.45) is 5.92 Å². The molecule has 1 aliphatic rings. The Morgan fingerprint density at radius 2 is 1.39 bits per heavy atom. The van der Waals surface area contributed by atoms with Crippen LogP contribution in [-0.4, -0.2) is 49.5 Å². The van der Waals surface area contributed by atoms with Crippen LogP contribution in [-0.2, 0) is 27.4 Å². The van der Waals surface area contributed by atoms with Gasteiger partial charge in [0.2, 0.25) is 0 Å². The van der Waals surface area contributed by atoms with E-state index in [9.17, 15) is 10.2 Å². The molecule has 4 atom stereocenters. The topological polar surface area (TPSA) is 86.6 Å². The summed E-state index contributed by atoms with van der Waals surface area (Å²) in [5, 5.41) is 23.1. The first-order chi connectivity index (χ1) is 18.2. The Morgan fingerprint density at radius 1 is 0.842 bits per heavy atom. The van der Waals surface area contributed by atoms with Crippen LogP contribution in [0.3, 0.4) is 0 Å². The summed E-state index contributed by atoms with van der Waals surface area (Å²) in [6.45, 7) is 6.60. The lowest BCUT2D eigenvalue weighted by Crippen LogP contribution is -2.45. The quantitative estimate of drug-likeness (QED) is 0.350. The number of aliphatic hydroxyl groups is 2. The highest BCUT2D eigenvalue weighted by Gasteiger charge is 2.52. The average molecular weight is 523 g/mol. The molecule has 3 aromatic rings. The largest absolute Gasteiger partial charge is 0.497 e. The van der Waals surface area contributed by atoms with E-state index >= 15 is 0 Å². The summed E-state index contributed by atoms with van der Waals surface area (Å²) in [6, 6.07) is 19.1. The first-order valence-electron chi connectivity index (χ1n) is 12.8. The van der Waals surface area contributed by atoms with Crippen LogP contribution >= 0.6 is 0 Å². The molecule has 7 heteroatoms. The minimum atomic E-state index is -1.64. The number of ether oxygens (including phenoxy) is 5. The van der Waals surface area contributed by atoms with E-state index in [4.69, 9.17) is 23.7 Å². The van der Waals surface area contributed by atoms with Gasteiger partial charge in [0.15, 0.2) is 5.79 Å². The van der Waals surface area contributed by atoms with Crippen molar-refractivity contribution < 1.29 is 33.9 Å². The lowest BCUT2D eigenvalue weighted by molar-refractivity contribution is -0.238. The van der Waals surface area contributed by atoms with Gasteiger partial charge in [0, 0.05) is 0 Å². The monoisotopic (exact) mass is 522 g/mol. The molecule has 0 saturated carbocycles. The molecule has 0 radical (unpaired) electrons. The van der Waals surface area contributed by atoms with Gasteiger partial charge in [-0.15, -0.1) is 0 Å². The van der Waals surface area contributed by atoms with E-state index < -0.39 is 23.9 Å². The van der Waals surface area contributed by atoms with Gasteiger partial charge >= 0.3 is 0 Å². The van der Waals surface area contributed by atoms with E-state index in [2.05, 4.69) is 6.07 Å². The average Bonchev–Trinajstić information content (AvgIpc) is 3.26. The minimum Gasteiger partial charge on any atom is -0.497 e. The fourth-order valence-electron chi connectivity index (χ4n) is 4.81. The number of rotatable bonds is 11. The summed E-state index contributed by atoms with van der Waals surface area (Å²) in [7, 11) is 3.24. The van der Waals surface area contributed by atoms with Crippen molar-refractivity contribution in [3.63, 3.8) is 0 Å². The van der Waals surface area contributed by atoms with E-state index in [-0.39, 0.29) is 19.8 Å². The summed E-state index contributed by atoms with van der Waals surface area (Å²) < 4.78 is 28.6. The van der Waals surface area contributed by atoms with Crippen LogP contribution in [0.2, 0.25) is 0 Å². The van der Waals surface area contributed by atoms with E-state index in [0.29, 0.717) is 6.61 Å². The molecule has 1 heterocycles. The predicted molar refractivity (Wildman–Crippen MR) is 144 cm³/mol. The summed E-state index contributed by atoms with van der Waals surface area (Å²) in [5.74, 6) is -0.756. The van der Waals surface area contributed by atoms with Gasteiger partial charge in [-0.1, -0.05) is 36.4 Å². The number of benzene rings is 3. The fraction of sp³-hybridized carbons (Fsp3) is 0.419. The minimum absolute atomic E-state index is 0.0780. The molecular formula is C31H38O7. The molecule has 204 valence electrons. The first kappa shape index (κ1) is 28.1. The van der Waals surface area contributed by atoms with Gasteiger partial charge in [0.05, 0.1) is 46.1 Å². The summed E-state index contributed by atoms with van der Waals surface area (Å²) in [6.07, 6.45) is -1.67. The Bertz CT molecular complexity index is 1190. The highest BCUT2D eigenvalue weighted by Crippen LogP contribution is 2.40. The Balaban J connectivity index is 1.52. The van der Waals surface area contributed by atoms with Crippen LogP contribution in [0.5, 0.6) is 11.5 Å². The molecule has 4 rings (SSSR count). The molecule has 0 bridgehead atoms. The lowest BCUT2D eigenvalue weighted by Gasteiger charge is -2.32. The molecule has 38 heavy (non-hydrogen) atoms. The lowest BCUT2D eigenvalue weighted by atomic mass is 9.87. The van der Waals surface area contributed by atoms with Gasteiger partial charge in [-0.2, -0.15) is 0 Å². The second-order valence-corrected chi connectivity index (χ2v) is 9.96. The van der Waals surface area contributed by atoms with E-state index in [0.717, 1.165) is 44.9 Å². The molecule has 1 aliphatic heterocycles. The third-order valence-corrected chi connectivity index (χ3v) is 7.34. The zero-order valence-electron chi connectivity index (χ0n) is 22.8. The van der Waals surface area contributed by atoms with Gasteiger partial charge < -0.3 is 33.9 Å². The van der Waals surface area contributed by atoms with Gasteiger partial charge in [-0.25, -0.2) is 0 Å². The number of methoxy groups -OCH3 is 2. The molecule has 0 aliphatic carbocycles. The van der Waals surface area contributed by atoms with E-state index in [1.165, 1.54) is 0 Å². The number of aliphatic hydroxyl groups excluding tert-OH is 1. The van der Waals surface area contributed by atoms with Crippen molar-refractivity contribution in [2.45, 2.75) is 52.0 Å². The normalized spacial score (nSPS) is 21.9. The number of hydrogen-bond donors (Lipinski definition) is 2. The maximum absolute atomic E-state index is 11.6. The molecule has 1 saturated heterocycles. The van der Waals surface area contributed by atoms with Crippen molar-refractivity contribution in [3.8, 4) is 11.5 Å². The Labute approximate surface area is 224 Å². The Kier molecular flexibility index (Phi) is 9.07. The molecule has 7 nitrogen and oxygen atoms in total. The summed E-state index contributed by atoms with van der Waals surface area (Å²) in [5.41, 5.74) is 5.83. The second-order valence-electron chi connectivity index (χ2n) is 9.96. The van der Waals surface area contributed by atoms with Crippen molar-refractivity contribution in [3.05, 3.63) is 94.0 Å². The van der Waals surface area contributed by atoms with Crippen molar-refractivity contribution >= 4 is 0 Å². The molecule has 0 aromatic heterocycles. The summed E-state index contributed by atoms with van der Waals surface area (Å²) >= 11 is 0. The second kappa shape index (κ2) is 12.3. The molecular weight excluding hydrogens is 484 g/mol. The van der Waals surface area contributed by atoms with Crippen molar-refractivity contribution in [1.82, 2.24) is 0 Å². The molecule has 3 aromatic carbocycles. The maximum Gasteiger partial charge on any atom is 0.197 e. The van der Waals surface area contributed by atoms with Gasteiger partial charge in [0.25, 0.3) is 0 Å². The van der Waals surface area contributed by atoms with Gasteiger partial charge in [0.1, 0.15) is 24.2 Å². The van der Waals surface area contributed by atoms with Crippen molar-refractivity contribution in [2.75, 3.05) is 27.4 Å². The van der Waals surface area contributed by atoms with Gasteiger partial charge in [-0.3, -0.25) is 0 Å². The smallest absolute Gasteiger partial charge is 0.197 e. The SMILES string of the molecule is COc1ccc(COC[C@H]2[C@@H]([C@H](O)c3cc(C)c(C)cc3C)OC[C@@]2(O)OCc2ccc(OC)cc2)cc1. The Hall–Kier alpha value is -2.94. The zero-order chi connectivity index (χ0) is 27.3. The highest BCUT2D eigenvalue weighted by molar-refractivity contribution is 5.38. The fourth-order valence-corrected chi connectivity index (χ4v) is 4.81. The molecule has 2 N–H and O–H groups in total. The first-order valence-corrected chi connectivity index (χ1v) is 12.8. The van der Waals surface area contributed by atoms with Crippen LogP contribution < -0.4 is 9.47 Å². The third kappa shape index (κ3) is 6.37. The van der Waals surface area contributed by atoms with Gasteiger partial charge in [-0.05, 0) is 78.4 Å². The van der Waals surface area contributed by atoms with E-state index in [1.54, 1.807) is 14.2 Å². The molecule has 0 amide bonds. The van der Waals surface area contributed by atoms with Crippen LogP contribution in [0.25, 0.3) is 0 Å². The zero-order valence-corrected chi connectivity index (χ0v) is 22.8. The number of aryl methyl sites for hydroxylation is 3. The summed E-state index contributed by atoms with van der Waals surface area (Å²) in [4.78, 5) is 0. The predicted octanol–water partition coefficient (Wildman–Crippen LogP) is 4.80. The number of hydrogen-bond acceptors (Lipinski definition) is 7. The Morgan fingerprint density at radius 3 is 1.97 bits per heavy atom.